The van der Waals surface area contributed by atoms with Crippen molar-refractivity contribution in [2.45, 2.75) is 37.8 Å². The summed E-state index contributed by atoms with van der Waals surface area (Å²) < 4.78 is 81.8. The number of halogens is 6. The summed E-state index contributed by atoms with van der Waals surface area (Å²) >= 11 is 0. The van der Waals surface area contributed by atoms with E-state index in [4.69, 9.17) is 0 Å². The predicted molar refractivity (Wildman–Crippen MR) is 109 cm³/mol. The van der Waals surface area contributed by atoms with E-state index in [-0.39, 0.29) is 17.8 Å². The maximum absolute atomic E-state index is 13.8. The lowest BCUT2D eigenvalue weighted by molar-refractivity contribution is -0.173. The second-order valence-electron chi connectivity index (χ2n) is 7.75. The van der Waals surface area contributed by atoms with Gasteiger partial charge in [0.1, 0.15) is 11.4 Å². The quantitative estimate of drug-likeness (QED) is 0.455. The molecule has 2 N–H and O–H groups in total. The molecule has 0 fully saturated rings. The monoisotopic (exact) mass is 468 g/mol. The molecule has 11 heteroatoms. The molecule has 4 rings (SSSR count). The third kappa shape index (κ3) is 4.53. The van der Waals surface area contributed by atoms with E-state index in [2.05, 4.69) is 15.7 Å². The summed E-state index contributed by atoms with van der Waals surface area (Å²) in [5, 5.41) is 8.80. The van der Waals surface area contributed by atoms with E-state index in [9.17, 15) is 31.1 Å². The molecule has 3 aromatic rings. The number of carbonyl (C=O) groups excluding carboxylic acids is 1. The number of nitrogens with zero attached hydrogens (tertiary/aromatic N) is 2. The normalized spacial score (nSPS) is 18.4. The average molecular weight is 468 g/mol. The van der Waals surface area contributed by atoms with Crippen molar-refractivity contribution in [1.82, 2.24) is 9.78 Å². The first-order valence-corrected chi connectivity index (χ1v) is 9.90. The SMILES string of the molecule is Cc1ccc([C@H]2C[C@@H](C(F)(F)F)n3ncc(C(=O)Nc4ccccc4C(F)(F)F)c3N2)cc1. The molecule has 2 aromatic carbocycles. The van der Waals surface area contributed by atoms with Crippen LogP contribution in [0.15, 0.2) is 54.7 Å². The molecule has 1 aliphatic heterocycles. The van der Waals surface area contributed by atoms with Crippen molar-refractivity contribution in [3.63, 3.8) is 0 Å². The molecule has 0 radical (unpaired) electrons. The van der Waals surface area contributed by atoms with Crippen molar-refractivity contribution >= 4 is 17.4 Å². The van der Waals surface area contributed by atoms with Gasteiger partial charge in [-0.3, -0.25) is 4.79 Å². The fourth-order valence-electron chi connectivity index (χ4n) is 3.78. The van der Waals surface area contributed by atoms with Gasteiger partial charge in [0.25, 0.3) is 5.91 Å². The first-order valence-electron chi connectivity index (χ1n) is 9.90. The Kier molecular flexibility index (Phi) is 5.59. The van der Waals surface area contributed by atoms with Crippen LogP contribution in [-0.4, -0.2) is 21.9 Å². The number of benzene rings is 2. The number of aromatic nitrogens is 2. The molecule has 0 spiro atoms. The fraction of sp³-hybridized carbons (Fsp3) is 0.273. The minimum Gasteiger partial charge on any atom is -0.363 e. The van der Waals surface area contributed by atoms with E-state index in [0.717, 1.165) is 23.9 Å². The maximum atomic E-state index is 13.8. The summed E-state index contributed by atoms with van der Waals surface area (Å²) in [6.45, 7) is 1.84. The number of carbonyl (C=O) groups is 1. The van der Waals surface area contributed by atoms with E-state index < -0.39 is 41.6 Å². The van der Waals surface area contributed by atoms with Gasteiger partial charge in [-0.1, -0.05) is 42.0 Å². The number of hydrogen-bond acceptors (Lipinski definition) is 3. The largest absolute Gasteiger partial charge is 0.418 e. The van der Waals surface area contributed by atoms with Gasteiger partial charge in [-0.05, 0) is 24.6 Å². The summed E-state index contributed by atoms with van der Waals surface area (Å²) in [5.41, 5.74) is -0.365. The molecule has 0 saturated heterocycles. The lowest BCUT2D eigenvalue weighted by Gasteiger charge is -2.34. The second kappa shape index (κ2) is 8.13. The smallest absolute Gasteiger partial charge is 0.363 e. The molecule has 1 amide bonds. The highest BCUT2D eigenvalue weighted by atomic mass is 19.4. The molecular weight excluding hydrogens is 450 g/mol. The Balaban J connectivity index is 1.70. The standard InChI is InChI=1S/C22H18F6N4O/c1-12-6-8-13(9-7-12)17-10-18(22(26,27)28)32-19(30-17)14(11-29-32)20(33)31-16-5-3-2-4-15(16)21(23,24)25/h2-9,11,17-18,30H,10H2,1H3,(H,31,33)/t17-,18+/m1/s1. The van der Waals surface area contributed by atoms with Crippen LogP contribution in [0.4, 0.5) is 37.8 Å². The van der Waals surface area contributed by atoms with Crippen LogP contribution >= 0.6 is 0 Å². The molecule has 174 valence electrons. The zero-order valence-electron chi connectivity index (χ0n) is 17.1. The van der Waals surface area contributed by atoms with Gasteiger partial charge in [-0.15, -0.1) is 0 Å². The van der Waals surface area contributed by atoms with Crippen molar-refractivity contribution in [3.8, 4) is 0 Å². The van der Waals surface area contributed by atoms with Crippen LogP contribution in [0.1, 0.15) is 45.6 Å². The molecule has 33 heavy (non-hydrogen) atoms. The Morgan fingerprint density at radius 2 is 1.73 bits per heavy atom. The Hall–Kier alpha value is -3.50. The van der Waals surface area contributed by atoms with Crippen LogP contribution in [0, 0.1) is 6.92 Å². The summed E-state index contributed by atoms with van der Waals surface area (Å²) in [6.07, 6.45) is -8.82. The van der Waals surface area contributed by atoms with Gasteiger partial charge >= 0.3 is 12.4 Å². The van der Waals surface area contributed by atoms with Gasteiger partial charge in [-0.25, -0.2) is 4.68 Å². The average Bonchev–Trinajstić information content (AvgIpc) is 3.16. The highest BCUT2D eigenvalue weighted by Crippen LogP contribution is 2.44. The Morgan fingerprint density at radius 3 is 2.36 bits per heavy atom. The number of anilines is 2. The van der Waals surface area contributed by atoms with Crippen LogP contribution in [0.25, 0.3) is 0 Å². The minimum absolute atomic E-state index is 0.212. The van der Waals surface area contributed by atoms with Crippen molar-refractivity contribution < 1.29 is 31.1 Å². The van der Waals surface area contributed by atoms with E-state index in [1.807, 2.05) is 6.92 Å². The van der Waals surface area contributed by atoms with Gasteiger partial charge < -0.3 is 10.6 Å². The zero-order chi connectivity index (χ0) is 24.0. The third-order valence-electron chi connectivity index (χ3n) is 5.44. The van der Waals surface area contributed by atoms with Crippen LogP contribution in [-0.2, 0) is 6.18 Å². The topological polar surface area (TPSA) is 59.0 Å². The van der Waals surface area contributed by atoms with Crippen LogP contribution < -0.4 is 10.6 Å². The molecular formula is C22H18F6N4O. The van der Waals surface area contributed by atoms with E-state index in [1.54, 1.807) is 24.3 Å². The molecule has 5 nitrogen and oxygen atoms in total. The highest BCUT2D eigenvalue weighted by molar-refractivity contribution is 6.08. The Bertz CT molecular complexity index is 1170. The number of nitrogens with one attached hydrogen (secondary N) is 2. The molecule has 0 saturated carbocycles. The van der Waals surface area contributed by atoms with Gasteiger partial charge in [-0.2, -0.15) is 31.4 Å². The minimum atomic E-state index is -4.72. The van der Waals surface area contributed by atoms with Gasteiger partial charge in [0, 0.05) is 6.42 Å². The summed E-state index contributed by atoms with van der Waals surface area (Å²) in [5.74, 6) is -1.22. The van der Waals surface area contributed by atoms with E-state index in [1.165, 1.54) is 12.1 Å². The molecule has 1 aliphatic rings. The van der Waals surface area contributed by atoms with Crippen molar-refractivity contribution in [3.05, 3.63) is 77.0 Å². The van der Waals surface area contributed by atoms with Crippen LogP contribution in [0.5, 0.6) is 0 Å². The second-order valence-corrected chi connectivity index (χ2v) is 7.75. The lowest BCUT2D eigenvalue weighted by Crippen LogP contribution is -2.36. The summed E-state index contributed by atoms with van der Waals surface area (Å²) in [6, 6.07) is 8.44. The number of amides is 1. The zero-order valence-corrected chi connectivity index (χ0v) is 17.1. The number of fused-ring (bicyclic) bond motifs is 1. The number of alkyl halides is 6. The van der Waals surface area contributed by atoms with Gasteiger partial charge in [0.15, 0.2) is 6.04 Å². The number of aryl methyl sites for hydroxylation is 1. The Morgan fingerprint density at radius 1 is 1.06 bits per heavy atom. The van der Waals surface area contributed by atoms with E-state index >= 15 is 0 Å². The van der Waals surface area contributed by atoms with Gasteiger partial charge in [0.2, 0.25) is 0 Å². The highest BCUT2D eigenvalue weighted by Gasteiger charge is 2.47. The van der Waals surface area contributed by atoms with Crippen LogP contribution in [0.2, 0.25) is 0 Å². The van der Waals surface area contributed by atoms with Gasteiger partial charge in [0.05, 0.1) is 23.5 Å². The molecule has 0 aliphatic carbocycles. The molecule has 1 aromatic heterocycles. The summed E-state index contributed by atoms with van der Waals surface area (Å²) in [4.78, 5) is 12.8. The molecule has 0 bridgehead atoms. The maximum Gasteiger partial charge on any atom is 0.418 e. The number of para-hydroxylation sites is 1. The molecule has 2 atom stereocenters. The number of hydrogen-bond donors (Lipinski definition) is 2. The van der Waals surface area contributed by atoms with Crippen molar-refractivity contribution in [2.75, 3.05) is 10.6 Å². The van der Waals surface area contributed by atoms with E-state index in [0.29, 0.717) is 10.2 Å². The Labute approximate surface area is 184 Å². The third-order valence-corrected chi connectivity index (χ3v) is 5.44. The van der Waals surface area contributed by atoms with Crippen LogP contribution in [0.3, 0.4) is 0 Å². The number of rotatable bonds is 3. The summed E-state index contributed by atoms with van der Waals surface area (Å²) in [7, 11) is 0. The fourth-order valence-corrected chi connectivity index (χ4v) is 3.78. The lowest BCUT2D eigenvalue weighted by atomic mass is 9.96. The molecule has 0 unspecified atom stereocenters. The molecule has 2 heterocycles. The first kappa shape index (κ1) is 22.7. The van der Waals surface area contributed by atoms with Crippen molar-refractivity contribution in [2.24, 2.45) is 0 Å². The predicted octanol–water partition coefficient (Wildman–Crippen LogP) is 6.12. The first-order chi connectivity index (χ1) is 15.4. The van der Waals surface area contributed by atoms with Crippen molar-refractivity contribution in [1.29, 1.82) is 0 Å².